The van der Waals surface area contributed by atoms with Crippen LogP contribution >= 0.6 is 11.8 Å². The van der Waals surface area contributed by atoms with E-state index in [4.69, 9.17) is 18.9 Å². The van der Waals surface area contributed by atoms with Crippen LogP contribution in [-0.2, 0) is 0 Å². The smallest absolute Gasteiger partial charge is 0.270 e. The highest BCUT2D eigenvalue weighted by Gasteiger charge is 2.27. The number of nitriles is 1. The number of thioether (sulfide) groups is 1. The Hall–Kier alpha value is -2.86. The first-order valence-corrected chi connectivity index (χ1v) is 8.24. The Balaban J connectivity index is 2.99. The zero-order valence-electron chi connectivity index (χ0n) is 14.4. The Labute approximate surface area is 148 Å². The monoisotopic (exact) mass is 363 g/mol. The molecule has 1 N–H and O–H groups in total. The second kappa shape index (κ2) is 7.81. The third-order valence-electron chi connectivity index (χ3n) is 3.45. The van der Waals surface area contributed by atoms with Crippen LogP contribution in [0.3, 0.4) is 0 Å². The van der Waals surface area contributed by atoms with Gasteiger partial charge in [-0.25, -0.2) is 4.98 Å². The lowest BCUT2D eigenvalue weighted by Crippen LogP contribution is -2.15. The van der Waals surface area contributed by atoms with Gasteiger partial charge in [0.15, 0.2) is 16.7 Å². The van der Waals surface area contributed by atoms with Gasteiger partial charge in [-0.1, -0.05) is 11.8 Å². The van der Waals surface area contributed by atoms with E-state index in [1.165, 1.54) is 40.2 Å². The molecule has 0 aliphatic rings. The summed E-state index contributed by atoms with van der Waals surface area (Å²) >= 11 is 1.24. The molecule has 1 aromatic carbocycles. The van der Waals surface area contributed by atoms with Gasteiger partial charge in [0.1, 0.15) is 23.1 Å². The van der Waals surface area contributed by atoms with Crippen LogP contribution in [0.25, 0.3) is 11.3 Å². The van der Waals surface area contributed by atoms with Crippen molar-refractivity contribution in [1.82, 2.24) is 9.97 Å². The van der Waals surface area contributed by atoms with Gasteiger partial charge in [-0.05, 0) is 6.26 Å². The normalized spacial score (nSPS) is 10.1. The maximum absolute atomic E-state index is 12.2. The molecule has 1 heterocycles. The summed E-state index contributed by atoms with van der Waals surface area (Å²) in [6.45, 7) is 0. The van der Waals surface area contributed by atoms with E-state index in [0.717, 1.165) is 0 Å². The SMILES string of the molecule is COc1cc(OC)c(-c2nc(SC)[nH]c(=O)c2C#N)c(OC)c1OC. The van der Waals surface area contributed by atoms with E-state index in [2.05, 4.69) is 9.97 Å². The van der Waals surface area contributed by atoms with E-state index in [0.29, 0.717) is 28.0 Å². The molecular formula is C16H17N3O5S. The van der Waals surface area contributed by atoms with Crippen molar-refractivity contribution in [3.05, 3.63) is 22.0 Å². The number of methoxy groups -OCH3 is 4. The number of nitrogens with zero attached hydrogens (tertiary/aromatic N) is 2. The topological polar surface area (TPSA) is 106 Å². The van der Waals surface area contributed by atoms with Gasteiger partial charge >= 0.3 is 0 Å². The summed E-state index contributed by atoms with van der Waals surface area (Å²) in [4.78, 5) is 19.2. The molecule has 0 atom stereocenters. The molecule has 9 heteroatoms. The number of hydrogen-bond donors (Lipinski definition) is 1. The average Bonchev–Trinajstić information content (AvgIpc) is 2.65. The number of aromatic amines is 1. The minimum atomic E-state index is -0.546. The van der Waals surface area contributed by atoms with Crippen molar-refractivity contribution in [2.45, 2.75) is 5.16 Å². The van der Waals surface area contributed by atoms with E-state index in [9.17, 15) is 10.1 Å². The first-order valence-electron chi connectivity index (χ1n) is 7.01. The molecule has 2 aromatic rings. The van der Waals surface area contributed by atoms with Gasteiger partial charge in [-0.2, -0.15) is 5.26 Å². The van der Waals surface area contributed by atoms with E-state index in [1.807, 2.05) is 6.07 Å². The first-order chi connectivity index (χ1) is 12.1. The molecule has 0 saturated carbocycles. The maximum Gasteiger partial charge on any atom is 0.270 e. The van der Waals surface area contributed by atoms with E-state index < -0.39 is 5.56 Å². The van der Waals surface area contributed by atoms with Crippen molar-refractivity contribution in [3.8, 4) is 40.3 Å². The molecule has 0 fully saturated rings. The van der Waals surface area contributed by atoms with Crippen LogP contribution in [-0.4, -0.2) is 44.7 Å². The van der Waals surface area contributed by atoms with Crippen molar-refractivity contribution < 1.29 is 18.9 Å². The lowest BCUT2D eigenvalue weighted by atomic mass is 10.0. The molecule has 8 nitrogen and oxygen atoms in total. The van der Waals surface area contributed by atoms with Crippen molar-refractivity contribution >= 4 is 11.8 Å². The number of nitrogens with one attached hydrogen (secondary N) is 1. The summed E-state index contributed by atoms with van der Waals surface area (Å²) in [5.74, 6) is 1.27. The van der Waals surface area contributed by atoms with E-state index in [1.54, 1.807) is 12.3 Å². The zero-order valence-corrected chi connectivity index (χ0v) is 15.2. The summed E-state index contributed by atoms with van der Waals surface area (Å²) in [6.07, 6.45) is 1.76. The van der Waals surface area contributed by atoms with Gasteiger partial charge in [0, 0.05) is 6.07 Å². The molecular weight excluding hydrogens is 346 g/mol. The van der Waals surface area contributed by atoms with Gasteiger partial charge in [0.2, 0.25) is 5.75 Å². The van der Waals surface area contributed by atoms with Crippen molar-refractivity contribution in [2.24, 2.45) is 0 Å². The largest absolute Gasteiger partial charge is 0.496 e. The third-order valence-corrected chi connectivity index (χ3v) is 4.03. The van der Waals surface area contributed by atoms with E-state index >= 15 is 0 Å². The number of hydrogen-bond acceptors (Lipinski definition) is 8. The highest BCUT2D eigenvalue weighted by Crippen LogP contribution is 2.49. The summed E-state index contributed by atoms with van der Waals surface area (Å²) in [5, 5.41) is 9.78. The quantitative estimate of drug-likeness (QED) is 0.614. The minimum Gasteiger partial charge on any atom is -0.496 e. The first kappa shape index (κ1) is 18.5. The van der Waals surface area contributed by atoms with Gasteiger partial charge < -0.3 is 23.9 Å². The zero-order chi connectivity index (χ0) is 18.6. The Morgan fingerprint density at radius 3 is 2.20 bits per heavy atom. The van der Waals surface area contributed by atoms with Crippen molar-refractivity contribution in [1.29, 1.82) is 5.26 Å². The van der Waals surface area contributed by atoms with Crippen molar-refractivity contribution in [3.63, 3.8) is 0 Å². The summed E-state index contributed by atoms with van der Waals surface area (Å²) in [7, 11) is 5.84. The molecule has 0 saturated heterocycles. The van der Waals surface area contributed by atoms with Crippen molar-refractivity contribution in [2.75, 3.05) is 34.7 Å². The number of aromatic nitrogens is 2. The van der Waals surface area contributed by atoms with Crippen LogP contribution in [0.5, 0.6) is 23.0 Å². The molecule has 0 aliphatic carbocycles. The van der Waals surface area contributed by atoms with Crippen LogP contribution in [0.4, 0.5) is 0 Å². The van der Waals surface area contributed by atoms with Gasteiger partial charge in [-0.15, -0.1) is 0 Å². The molecule has 1 aromatic heterocycles. The van der Waals surface area contributed by atoms with E-state index in [-0.39, 0.29) is 17.0 Å². The summed E-state index contributed by atoms with van der Waals surface area (Å²) in [5.41, 5.74) is -0.219. The van der Waals surface area contributed by atoms with Gasteiger partial charge in [0.05, 0.1) is 34.0 Å². The van der Waals surface area contributed by atoms with Gasteiger partial charge in [0.25, 0.3) is 5.56 Å². The molecule has 0 spiro atoms. The molecule has 0 radical (unpaired) electrons. The lowest BCUT2D eigenvalue weighted by molar-refractivity contribution is 0.320. The van der Waals surface area contributed by atoms with Crippen LogP contribution < -0.4 is 24.5 Å². The van der Waals surface area contributed by atoms with Crippen LogP contribution in [0.2, 0.25) is 0 Å². The molecule has 0 aliphatic heterocycles. The summed E-state index contributed by atoms with van der Waals surface area (Å²) < 4.78 is 21.5. The minimum absolute atomic E-state index is 0.144. The second-order valence-electron chi connectivity index (χ2n) is 4.63. The second-order valence-corrected chi connectivity index (χ2v) is 5.43. The molecule has 132 valence electrons. The average molecular weight is 363 g/mol. The fourth-order valence-electron chi connectivity index (χ4n) is 2.35. The Kier molecular flexibility index (Phi) is 5.77. The number of rotatable bonds is 6. The Bertz CT molecular complexity index is 889. The summed E-state index contributed by atoms with van der Waals surface area (Å²) in [6, 6.07) is 3.47. The lowest BCUT2D eigenvalue weighted by Gasteiger charge is -2.19. The van der Waals surface area contributed by atoms with Crippen LogP contribution in [0.1, 0.15) is 5.56 Å². The highest BCUT2D eigenvalue weighted by atomic mass is 32.2. The maximum atomic E-state index is 12.2. The molecule has 25 heavy (non-hydrogen) atoms. The highest BCUT2D eigenvalue weighted by molar-refractivity contribution is 7.98. The standard InChI is InChI=1S/C16H17N3O5S/c1-21-9-6-10(22-2)13(23-3)14(24-4)11(9)12-8(7-17)15(20)19-16(18-12)25-5/h6H,1-5H3,(H,18,19,20). The van der Waals surface area contributed by atoms with Crippen LogP contribution in [0, 0.1) is 11.3 Å². The molecule has 0 amide bonds. The fourth-order valence-corrected chi connectivity index (χ4v) is 2.73. The predicted octanol–water partition coefficient (Wildman–Crippen LogP) is 2.06. The van der Waals surface area contributed by atoms with Gasteiger partial charge in [-0.3, -0.25) is 4.79 Å². The molecule has 0 unspecified atom stereocenters. The number of benzene rings is 1. The third kappa shape index (κ3) is 3.21. The number of ether oxygens (including phenoxy) is 4. The Morgan fingerprint density at radius 2 is 1.72 bits per heavy atom. The predicted molar refractivity (Wildman–Crippen MR) is 93.0 cm³/mol. The molecule has 0 bridgehead atoms. The fraction of sp³-hybridized carbons (Fsp3) is 0.312. The van der Waals surface area contributed by atoms with Crippen LogP contribution in [0.15, 0.2) is 16.0 Å². The molecule has 2 rings (SSSR count). The Morgan fingerprint density at radius 1 is 1.08 bits per heavy atom. The number of H-pyrrole nitrogens is 1.